The van der Waals surface area contributed by atoms with Gasteiger partial charge in [-0.1, -0.05) is 17.7 Å². The van der Waals surface area contributed by atoms with Crippen LogP contribution < -0.4 is 4.90 Å². The van der Waals surface area contributed by atoms with Crippen molar-refractivity contribution in [1.82, 2.24) is 9.97 Å². The molecule has 4 rings (SSSR count). The number of anilines is 1. The van der Waals surface area contributed by atoms with Crippen molar-refractivity contribution in [2.24, 2.45) is 20.5 Å². The van der Waals surface area contributed by atoms with Crippen molar-refractivity contribution in [3.8, 4) is 0 Å². The number of rotatable bonds is 5. The molecule has 0 radical (unpaired) electrons. The highest BCUT2D eigenvalue weighted by atomic mass is 15.2. The van der Waals surface area contributed by atoms with Crippen molar-refractivity contribution in [3.05, 3.63) is 66.5 Å². The fourth-order valence-corrected chi connectivity index (χ4v) is 2.95. The van der Waals surface area contributed by atoms with Crippen molar-refractivity contribution < 1.29 is 0 Å². The molecule has 0 saturated carbocycles. The zero-order valence-electron chi connectivity index (χ0n) is 15.7. The van der Waals surface area contributed by atoms with Crippen LogP contribution in [0.1, 0.15) is 18.4 Å². The predicted molar refractivity (Wildman–Crippen MR) is 109 cm³/mol. The summed E-state index contributed by atoms with van der Waals surface area (Å²) < 4.78 is 0. The maximum absolute atomic E-state index is 4.25. The van der Waals surface area contributed by atoms with E-state index in [1.165, 1.54) is 24.1 Å². The van der Waals surface area contributed by atoms with E-state index in [0.717, 1.165) is 24.5 Å². The lowest BCUT2D eigenvalue weighted by Crippen LogP contribution is -2.17. The molecule has 1 aliphatic rings. The van der Waals surface area contributed by atoms with Gasteiger partial charge in [0.15, 0.2) is 0 Å². The van der Waals surface area contributed by atoms with Gasteiger partial charge >= 0.3 is 0 Å². The van der Waals surface area contributed by atoms with E-state index in [2.05, 4.69) is 47.5 Å². The van der Waals surface area contributed by atoms with Crippen LogP contribution in [0.4, 0.5) is 28.7 Å². The summed E-state index contributed by atoms with van der Waals surface area (Å²) in [5, 5.41) is 16.6. The van der Waals surface area contributed by atoms with E-state index in [1.807, 2.05) is 43.3 Å². The number of benzene rings is 2. The minimum Gasteiger partial charge on any atom is -0.372 e. The summed E-state index contributed by atoms with van der Waals surface area (Å²) in [4.78, 5) is 10.7. The Morgan fingerprint density at radius 3 is 1.86 bits per heavy atom. The van der Waals surface area contributed by atoms with E-state index in [-0.39, 0.29) is 5.95 Å². The number of azo groups is 2. The standard InChI is InChI=1S/C21H21N7/c1-16-4-6-17(7-5-16)25-27-21-22-14-19(15-23-21)26-24-18-8-10-20(11-9-18)28-12-2-3-13-28/h4-11,14-15H,2-3,12-13H2,1H3. The summed E-state index contributed by atoms with van der Waals surface area (Å²) >= 11 is 0. The number of aromatic nitrogens is 2. The molecule has 1 aromatic heterocycles. The van der Waals surface area contributed by atoms with Crippen molar-refractivity contribution in [3.63, 3.8) is 0 Å². The van der Waals surface area contributed by atoms with Gasteiger partial charge in [-0.3, -0.25) is 0 Å². The van der Waals surface area contributed by atoms with Crippen molar-refractivity contribution in [2.75, 3.05) is 18.0 Å². The molecule has 0 aliphatic carbocycles. The summed E-state index contributed by atoms with van der Waals surface area (Å²) in [5.41, 5.74) is 4.54. The third-order valence-electron chi connectivity index (χ3n) is 4.52. The Bertz CT molecular complexity index is 955. The van der Waals surface area contributed by atoms with E-state index < -0.39 is 0 Å². The first kappa shape index (κ1) is 17.9. The van der Waals surface area contributed by atoms with E-state index in [4.69, 9.17) is 0 Å². The highest BCUT2D eigenvalue weighted by molar-refractivity contribution is 5.53. The highest BCUT2D eigenvalue weighted by Crippen LogP contribution is 2.24. The van der Waals surface area contributed by atoms with Gasteiger partial charge in [-0.15, -0.1) is 15.3 Å². The maximum atomic E-state index is 4.25. The minimum absolute atomic E-state index is 0.287. The Morgan fingerprint density at radius 2 is 1.21 bits per heavy atom. The fraction of sp³-hybridized carbons (Fsp3) is 0.238. The van der Waals surface area contributed by atoms with Gasteiger partial charge in [0.1, 0.15) is 5.69 Å². The first-order valence-electron chi connectivity index (χ1n) is 9.33. The number of nitrogens with zero attached hydrogens (tertiary/aromatic N) is 7. The molecule has 28 heavy (non-hydrogen) atoms. The zero-order chi connectivity index (χ0) is 19.2. The van der Waals surface area contributed by atoms with E-state index in [9.17, 15) is 0 Å². The quantitative estimate of drug-likeness (QED) is 0.500. The van der Waals surface area contributed by atoms with Crippen molar-refractivity contribution in [1.29, 1.82) is 0 Å². The van der Waals surface area contributed by atoms with Gasteiger partial charge in [0.25, 0.3) is 5.95 Å². The molecule has 3 aromatic rings. The molecule has 2 heterocycles. The molecule has 140 valence electrons. The topological polar surface area (TPSA) is 78.5 Å². The molecular formula is C21H21N7. The Hall–Kier alpha value is -3.48. The average Bonchev–Trinajstić information content (AvgIpc) is 3.28. The van der Waals surface area contributed by atoms with Crippen LogP contribution in [0.2, 0.25) is 0 Å². The van der Waals surface area contributed by atoms with Gasteiger partial charge in [0, 0.05) is 18.8 Å². The van der Waals surface area contributed by atoms with Gasteiger partial charge in [0.2, 0.25) is 0 Å². The Kier molecular flexibility index (Phi) is 5.42. The van der Waals surface area contributed by atoms with Crippen LogP contribution in [0.15, 0.2) is 81.4 Å². The van der Waals surface area contributed by atoms with E-state index in [0.29, 0.717) is 5.69 Å². The number of hydrogen-bond acceptors (Lipinski definition) is 7. The second-order valence-electron chi connectivity index (χ2n) is 6.69. The number of aryl methyl sites for hydroxylation is 1. The molecule has 7 nitrogen and oxygen atoms in total. The van der Waals surface area contributed by atoms with Crippen molar-refractivity contribution >= 4 is 28.7 Å². The van der Waals surface area contributed by atoms with Crippen LogP contribution in [0.3, 0.4) is 0 Å². The molecule has 1 aliphatic heterocycles. The Balaban J connectivity index is 1.37. The van der Waals surface area contributed by atoms with Crippen LogP contribution in [-0.2, 0) is 0 Å². The third-order valence-corrected chi connectivity index (χ3v) is 4.52. The van der Waals surface area contributed by atoms with Gasteiger partial charge in [-0.05, 0) is 56.2 Å². The minimum atomic E-state index is 0.287. The number of hydrogen-bond donors (Lipinski definition) is 0. The molecule has 1 fully saturated rings. The molecule has 0 amide bonds. The monoisotopic (exact) mass is 371 g/mol. The van der Waals surface area contributed by atoms with E-state index >= 15 is 0 Å². The SMILES string of the molecule is Cc1ccc(N=Nc2ncc(N=Nc3ccc(N4CCCC4)cc3)cn2)cc1. The van der Waals surface area contributed by atoms with Crippen LogP contribution in [-0.4, -0.2) is 23.1 Å². The Morgan fingerprint density at radius 1 is 0.679 bits per heavy atom. The Labute approximate surface area is 163 Å². The van der Waals surface area contributed by atoms with Crippen LogP contribution in [0.5, 0.6) is 0 Å². The fourth-order valence-electron chi connectivity index (χ4n) is 2.95. The second kappa shape index (κ2) is 8.47. The summed E-state index contributed by atoms with van der Waals surface area (Å²) in [6, 6.07) is 15.9. The molecule has 2 aromatic carbocycles. The lowest BCUT2D eigenvalue weighted by molar-refractivity contribution is 0.949. The molecule has 0 N–H and O–H groups in total. The normalized spacial score (nSPS) is 14.4. The average molecular weight is 371 g/mol. The second-order valence-corrected chi connectivity index (χ2v) is 6.69. The molecular weight excluding hydrogens is 350 g/mol. The molecule has 0 atom stereocenters. The predicted octanol–water partition coefficient (Wildman–Crippen LogP) is 6.22. The lowest BCUT2D eigenvalue weighted by atomic mass is 10.2. The van der Waals surface area contributed by atoms with Gasteiger partial charge < -0.3 is 4.90 Å². The molecule has 0 unspecified atom stereocenters. The molecule has 0 bridgehead atoms. The van der Waals surface area contributed by atoms with Crippen molar-refractivity contribution in [2.45, 2.75) is 19.8 Å². The third kappa shape index (κ3) is 4.62. The highest BCUT2D eigenvalue weighted by Gasteiger charge is 2.11. The zero-order valence-corrected chi connectivity index (χ0v) is 15.7. The van der Waals surface area contributed by atoms with E-state index in [1.54, 1.807) is 12.4 Å². The first-order chi connectivity index (χ1) is 13.8. The first-order valence-corrected chi connectivity index (χ1v) is 9.33. The molecule has 0 spiro atoms. The maximum Gasteiger partial charge on any atom is 0.268 e. The summed E-state index contributed by atoms with van der Waals surface area (Å²) in [7, 11) is 0. The van der Waals surface area contributed by atoms with Gasteiger partial charge in [-0.25, -0.2) is 9.97 Å². The molecule has 7 heteroatoms. The summed E-state index contributed by atoms with van der Waals surface area (Å²) in [6.07, 6.45) is 5.70. The van der Waals surface area contributed by atoms with Crippen LogP contribution >= 0.6 is 0 Å². The smallest absolute Gasteiger partial charge is 0.268 e. The lowest BCUT2D eigenvalue weighted by Gasteiger charge is -2.17. The van der Waals surface area contributed by atoms with Gasteiger partial charge in [-0.2, -0.15) is 5.11 Å². The van der Waals surface area contributed by atoms with Crippen LogP contribution in [0, 0.1) is 6.92 Å². The summed E-state index contributed by atoms with van der Waals surface area (Å²) in [5.74, 6) is 0.287. The van der Waals surface area contributed by atoms with Crippen LogP contribution in [0.25, 0.3) is 0 Å². The largest absolute Gasteiger partial charge is 0.372 e. The molecule has 1 saturated heterocycles. The van der Waals surface area contributed by atoms with Gasteiger partial charge in [0.05, 0.1) is 23.8 Å². The summed E-state index contributed by atoms with van der Waals surface area (Å²) in [6.45, 7) is 4.29.